The summed E-state index contributed by atoms with van der Waals surface area (Å²) < 4.78 is 84.7. The third kappa shape index (κ3) is 6.36. The molecule has 1 atom stereocenters. The minimum atomic E-state index is -4.81. The second-order valence-corrected chi connectivity index (χ2v) is 10.4. The number of pyridine rings is 1. The first-order valence-corrected chi connectivity index (χ1v) is 13.4. The van der Waals surface area contributed by atoms with Gasteiger partial charge in [-0.1, -0.05) is 12.1 Å². The summed E-state index contributed by atoms with van der Waals surface area (Å²) in [6.07, 6.45) is -2.46. The Morgan fingerprint density at radius 3 is 2.43 bits per heavy atom. The van der Waals surface area contributed by atoms with Crippen LogP contribution in [0.3, 0.4) is 0 Å². The molecule has 7 nitrogen and oxygen atoms in total. The minimum absolute atomic E-state index is 0.0398. The molecule has 0 unspecified atom stereocenters. The summed E-state index contributed by atoms with van der Waals surface area (Å²) >= 11 is 0. The van der Waals surface area contributed by atoms with Crippen LogP contribution in [0.2, 0.25) is 0 Å². The Morgan fingerprint density at radius 1 is 1.02 bits per heavy atom. The van der Waals surface area contributed by atoms with E-state index in [0.29, 0.717) is 23.6 Å². The molecule has 0 radical (unpaired) electrons. The quantitative estimate of drug-likeness (QED) is 0.248. The average molecular weight is 615 g/mol. The van der Waals surface area contributed by atoms with E-state index in [-0.39, 0.29) is 36.2 Å². The molecule has 13 heteroatoms. The van der Waals surface area contributed by atoms with E-state index >= 15 is 0 Å². The van der Waals surface area contributed by atoms with Crippen molar-refractivity contribution in [2.24, 2.45) is 5.73 Å². The fourth-order valence-electron chi connectivity index (χ4n) is 5.47. The van der Waals surface area contributed by atoms with E-state index in [1.54, 1.807) is 6.07 Å². The van der Waals surface area contributed by atoms with Gasteiger partial charge in [0, 0.05) is 36.1 Å². The first-order valence-electron chi connectivity index (χ1n) is 13.4. The largest absolute Gasteiger partial charge is 0.418 e. The van der Waals surface area contributed by atoms with E-state index in [4.69, 9.17) is 5.73 Å². The number of benzene rings is 2. The van der Waals surface area contributed by atoms with Crippen molar-refractivity contribution in [2.45, 2.75) is 44.4 Å². The molecule has 2 heterocycles. The van der Waals surface area contributed by atoms with Crippen LogP contribution in [-0.4, -0.2) is 27.1 Å². The van der Waals surface area contributed by atoms with E-state index in [1.165, 1.54) is 24.4 Å². The molecule has 0 saturated carbocycles. The second kappa shape index (κ2) is 12.0. The van der Waals surface area contributed by atoms with Crippen LogP contribution in [0.4, 0.5) is 26.3 Å². The standard InChI is InChI=1S/C31H24F6N4O3/c32-18-9-16(10-19(33)13-18)11-24(29-20(3-2-8-39-29)17-6-7-23(34)21(12-17)30(38)44)40-27(43)15-41-14-22(31(35,36)37)28-25(41)4-1-5-26(28)42/h2-3,6-10,12-14,24H,1,4-5,11,15H2,(H2,38,44)(H,40,43)/t24-/m0/s1. The Bertz CT molecular complexity index is 1760. The highest BCUT2D eigenvalue weighted by Gasteiger charge is 2.40. The molecule has 3 N–H and O–H groups in total. The molecule has 0 bridgehead atoms. The third-order valence-corrected chi connectivity index (χ3v) is 7.31. The Hall–Kier alpha value is -4.94. The van der Waals surface area contributed by atoms with Crippen LogP contribution in [0, 0.1) is 17.5 Å². The van der Waals surface area contributed by atoms with Gasteiger partial charge < -0.3 is 15.6 Å². The average Bonchev–Trinajstić information content (AvgIpc) is 3.32. The highest BCUT2D eigenvalue weighted by Crippen LogP contribution is 2.38. The number of primary amides is 1. The number of aromatic nitrogens is 2. The lowest BCUT2D eigenvalue weighted by molar-refractivity contribution is -0.138. The lowest BCUT2D eigenvalue weighted by atomic mass is 9.93. The maximum Gasteiger partial charge on any atom is 0.418 e. The van der Waals surface area contributed by atoms with Gasteiger partial charge in [0.05, 0.1) is 28.4 Å². The lowest BCUT2D eigenvalue weighted by Crippen LogP contribution is -2.34. The van der Waals surface area contributed by atoms with Gasteiger partial charge in [0.2, 0.25) is 5.91 Å². The summed E-state index contributed by atoms with van der Waals surface area (Å²) in [6.45, 7) is -0.593. The number of fused-ring (bicyclic) bond motifs is 1. The zero-order valence-corrected chi connectivity index (χ0v) is 22.9. The normalized spacial score (nSPS) is 13.8. The Morgan fingerprint density at radius 2 is 1.75 bits per heavy atom. The van der Waals surface area contributed by atoms with Gasteiger partial charge in [0.25, 0.3) is 5.91 Å². The lowest BCUT2D eigenvalue weighted by Gasteiger charge is -2.22. The molecule has 4 aromatic rings. The van der Waals surface area contributed by atoms with E-state index in [0.717, 1.165) is 29.0 Å². The number of ketones is 1. The van der Waals surface area contributed by atoms with Gasteiger partial charge in [-0.15, -0.1) is 0 Å². The highest BCUT2D eigenvalue weighted by atomic mass is 19.4. The van der Waals surface area contributed by atoms with E-state index in [2.05, 4.69) is 10.3 Å². The van der Waals surface area contributed by atoms with Crippen LogP contribution in [0.15, 0.2) is 60.9 Å². The number of hydrogen-bond donors (Lipinski definition) is 2. The molecule has 2 aromatic carbocycles. The number of carbonyl (C=O) groups is 3. The van der Waals surface area contributed by atoms with Crippen LogP contribution in [0.1, 0.15) is 62.1 Å². The maximum absolute atomic E-state index is 14.2. The van der Waals surface area contributed by atoms with Crippen molar-refractivity contribution in [1.29, 1.82) is 0 Å². The highest BCUT2D eigenvalue weighted by molar-refractivity contribution is 6.00. The van der Waals surface area contributed by atoms with Gasteiger partial charge in [-0.2, -0.15) is 13.2 Å². The molecular weight excluding hydrogens is 590 g/mol. The van der Waals surface area contributed by atoms with Gasteiger partial charge >= 0.3 is 6.18 Å². The van der Waals surface area contributed by atoms with Gasteiger partial charge in [0.15, 0.2) is 5.78 Å². The Balaban J connectivity index is 1.54. The zero-order chi connectivity index (χ0) is 31.8. The van der Waals surface area contributed by atoms with Crippen LogP contribution < -0.4 is 11.1 Å². The SMILES string of the molecule is NC(=O)c1cc(-c2cccnc2[C@H](Cc2cc(F)cc(F)c2)NC(=O)Cn2cc(C(F)(F)F)c3c2CCCC3=O)ccc1F. The van der Waals surface area contributed by atoms with Crippen molar-refractivity contribution in [1.82, 2.24) is 14.9 Å². The summed E-state index contributed by atoms with van der Waals surface area (Å²) in [4.78, 5) is 41.9. The molecule has 2 aromatic heterocycles. The van der Waals surface area contributed by atoms with Crippen molar-refractivity contribution < 1.29 is 40.7 Å². The molecule has 0 aliphatic heterocycles. The number of nitrogens with zero attached hydrogens (tertiary/aromatic N) is 2. The van der Waals surface area contributed by atoms with E-state index < -0.39 is 70.5 Å². The molecular formula is C31H24F6N4O3. The molecule has 5 rings (SSSR count). The summed E-state index contributed by atoms with van der Waals surface area (Å²) in [7, 11) is 0. The number of Topliss-reactive ketones (excluding diaryl/α,β-unsaturated/α-hetero) is 1. The maximum atomic E-state index is 14.2. The first-order chi connectivity index (χ1) is 20.8. The predicted molar refractivity (Wildman–Crippen MR) is 146 cm³/mol. The molecule has 1 aliphatic carbocycles. The molecule has 0 fully saturated rings. The smallest absolute Gasteiger partial charge is 0.366 e. The Labute approximate surface area is 246 Å². The number of halogens is 6. The summed E-state index contributed by atoms with van der Waals surface area (Å²) in [5.41, 5.74) is 4.32. The van der Waals surface area contributed by atoms with Gasteiger partial charge in [-0.25, -0.2) is 13.2 Å². The van der Waals surface area contributed by atoms with Gasteiger partial charge in [-0.3, -0.25) is 19.4 Å². The summed E-state index contributed by atoms with van der Waals surface area (Å²) in [6, 6.07) is 8.35. The number of carbonyl (C=O) groups excluding carboxylic acids is 3. The van der Waals surface area contributed by atoms with Crippen molar-refractivity contribution in [3.8, 4) is 11.1 Å². The number of nitrogens with two attached hydrogens (primary N) is 1. The van der Waals surface area contributed by atoms with Crippen molar-refractivity contribution in [2.75, 3.05) is 0 Å². The van der Waals surface area contributed by atoms with Crippen LogP contribution in [0.5, 0.6) is 0 Å². The fraction of sp³-hybridized carbons (Fsp3) is 0.226. The van der Waals surface area contributed by atoms with E-state index in [1.807, 2.05) is 0 Å². The Kier molecular flexibility index (Phi) is 8.31. The first kappa shape index (κ1) is 30.5. The molecule has 0 saturated heterocycles. The second-order valence-electron chi connectivity index (χ2n) is 10.4. The number of rotatable bonds is 8. The summed E-state index contributed by atoms with van der Waals surface area (Å²) in [5, 5.41) is 2.70. The minimum Gasteiger partial charge on any atom is -0.366 e. The third-order valence-electron chi connectivity index (χ3n) is 7.31. The molecule has 228 valence electrons. The molecule has 44 heavy (non-hydrogen) atoms. The van der Waals surface area contributed by atoms with Gasteiger partial charge in [0.1, 0.15) is 24.0 Å². The number of hydrogen-bond acceptors (Lipinski definition) is 4. The monoisotopic (exact) mass is 614 g/mol. The molecule has 1 aliphatic rings. The molecule has 2 amide bonds. The van der Waals surface area contributed by atoms with Crippen molar-refractivity contribution in [3.63, 3.8) is 0 Å². The fourth-order valence-corrected chi connectivity index (χ4v) is 5.47. The predicted octanol–water partition coefficient (Wildman–Crippen LogP) is 5.70. The number of alkyl halides is 3. The zero-order valence-electron chi connectivity index (χ0n) is 22.9. The van der Waals surface area contributed by atoms with Crippen LogP contribution >= 0.6 is 0 Å². The number of amides is 2. The van der Waals surface area contributed by atoms with Gasteiger partial charge in [-0.05, 0) is 60.7 Å². The summed E-state index contributed by atoms with van der Waals surface area (Å²) in [5.74, 6) is -5.07. The van der Waals surface area contributed by atoms with E-state index in [9.17, 15) is 40.7 Å². The topological polar surface area (TPSA) is 107 Å². The number of nitrogens with one attached hydrogen (secondary N) is 1. The van der Waals surface area contributed by atoms with Crippen LogP contribution in [0.25, 0.3) is 11.1 Å². The van der Waals surface area contributed by atoms with Crippen molar-refractivity contribution in [3.05, 3.63) is 112 Å². The molecule has 0 spiro atoms. The van der Waals surface area contributed by atoms with Crippen molar-refractivity contribution >= 4 is 17.6 Å². The van der Waals surface area contributed by atoms with Crippen LogP contribution in [-0.2, 0) is 30.4 Å².